The molecule has 1 heterocycles. The number of aliphatic carboxylic acids is 1. The van der Waals surface area contributed by atoms with Crippen LogP contribution in [0, 0.1) is 0 Å². The highest BCUT2D eigenvalue weighted by Crippen LogP contribution is 2.21. The van der Waals surface area contributed by atoms with Gasteiger partial charge in [-0.15, -0.1) is 0 Å². The Kier molecular flexibility index (Phi) is 7.76. The van der Waals surface area contributed by atoms with Gasteiger partial charge in [-0.3, -0.25) is 19.2 Å². The van der Waals surface area contributed by atoms with Crippen molar-refractivity contribution in [2.45, 2.75) is 44.3 Å². The molecule has 1 aromatic carbocycles. The Morgan fingerprint density at radius 3 is 2.63 bits per heavy atom. The summed E-state index contributed by atoms with van der Waals surface area (Å²) in [6.07, 6.45) is 0.716. The number of nitrogen functional groups attached to an aromatic ring is 1. The van der Waals surface area contributed by atoms with Gasteiger partial charge in [-0.05, 0) is 38.0 Å². The molecule has 1 unspecified atom stereocenters. The fourth-order valence-electron chi connectivity index (χ4n) is 3.16. The number of carboxylic acid groups (broad SMARTS) is 1. The molecule has 11 heteroatoms. The van der Waals surface area contributed by atoms with E-state index in [-0.39, 0.29) is 10.6 Å². The lowest BCUT2D eigenvalue weighted by Crippen LogP contribution is -2.54. The molecule has 3 atom stereocenters. The summed E-state index contributed by atoms with van der Waals surface area (Å²) in [6, 6.07) is 1.38. The van der Waals surface area contributed by atoms with E-state index in [4.69, 9.17) is 22.4 Å². The van der Waals surface area contributed by atoms with Crippen LogP contribution in [0.2, 0.25) is 5.02 Å². The first-order valence-electron chi connectivity index (χ1n) is 9.27. The first-order chi connectivity index (χ1) is 14.1. The van der Waals surface area contributed by atoms with Crippen molar-refractivity contribution in [2.75, 3.05) is 12.3 Å². The molecule has 10 nitrogen and oxygen atoms in total. The van der Waals surface area contributed by atoms with Crippen LogP contribution < -0.4 is 16.4 Å². The first-order valence-corrected chi connectivity index (χ1v) is 9.65. The highest BCUT2D eigenvalue weighted by atomic mass is 35.5. The van der Waals surface area contributed by atoms with Crippen molar-refractivity contribution in [3.8, 4) is 0 Å². The van der Waals surface area contributed by atoms with Crippen LogP contribution in [0.5, 0.6) is 0 Å². The monoisotopic (exact) mass is 438 g/mol. The number of rotatable bonds is 8. The number of amides is 3. The molecule has 162 valence electrons. The van der Waals surface area contributed by atoms with Crippen LogP contribution >= 0.6 is 11.6 Å². The van der Waals surface area contributed by atoms with Gasteiger partial charge in [0.2, 0.25) is 11.8 Å². The number of carbonyl (C=O) groups excluding carboxylic acids is 4. The normalized spacial score (nSPS) is 17.7. The fraction of sp³-hybridized carbons (Fsp3) is 0.421. The molecule has 1 saturated heterocycles. The van der Waals surface area contributed by atoms with Crippen molar-refractivity contribution in [2.24, 2.45) is 0 Å². The topological polar surface area (TPSA) is 159 Å². The lowest BCUT2D eigenvalue weighted by atomic mass is 10.1. The SMILES string of the molecule is C[C@H](NC(=O)c1ccc(N)c(Cl)c1)C(=O)N1CCCC1C(=O)N[C@H](C=O)CC(=O)O. The fourth-order valence-corrected chi connectivity index (χ4v) is 3.34. The molecule has 30 heavy (non-hydrogen) atoms. The maximum absolute atomic E-state index is 12.8. The zero-order valence-corrected chi connectivity index (χ0v) is 17.0. The van der Waals surface area contributed by atoms with Crippen LogP contribution in [-0.4, -0.2) is 64.7 Å². The van der Waals surface area contributed by atoms with Crippen LogP contribution in [-0.2, 0) is 19.2 Å². The van der Waals surface area contributed by atoms with Crippen LogP contribution in [0.4, 0.5) is 5.69 Å². The molecular formula is C19H23ClN4O6. The number of nitrogens with zero attached hydrogens (tertiary/aromatic N) is 1. The van der Waals surface area contributed by atoms with Crippen molar-refractivity contribution in [3.05, 3.63) is 28.8 Å². The van der Waals surface area contributed by atoms with Crippen molar-refractivity contribution < 1.29 is 29.1 Å². The van der Waals surface area contributed by atoms with Crippen molar-refractivity contribution in [1.29, 1.82) is 0 Å². The second kappa shape index (κ2) is 10.1. The number of hydrogen-bond acceptors (Lipinski definition) is 6. The lowest BCUT2D eigenvalue weighted by Gasteiger charge is -2.27. The van der Waals surface area contributed by atoms with E-state index in [2.05, 4.69) is 10.6 Å². The summed E-state index contributed by atoms with van der Waals surface area (Å²) in [5.41, 5.74) is 6.17. The number of anilines is 1. The molecule has 1 fully saturated rings. The highest BCUT2D eigenvalue weighted by molar-refractivity contribution is 6.33. The number of carboxylic acids is 1. The van der Waals surface area contributed by atoms with Gasteiger partial charge in [-0.25, -0.2) is 0 Å². The third-order valence-electron chi connectivity index (χ3n) is 4.71. The minimum Gasteiger partial charge on any atom is -0.481 e. The van der Waals surface area contributed by atoms with Gasteiger partial charge in [0.15, 0.2) is 0 Å². The summed E-state index contributed by atoms with van der Waals surface area (Å²) in [4.78, 5) is 60.7. The van der Waals surface area contributed by atoms with E-state index >= 15 is 0 Å². The van der Waals surface area contributed by atoms with Crippen LogP contribution in [0.15, 0.2) is 18.2 Å². The molecule has 0 saturated carbocycles. The van der Waals surface area contributed by atoms with Gasteiger partial charge in [0.05, 0.1) is 23.2 Å². The summed E-state index contributed by atoms with van der Waals surface area (Å²) >= 11 is 5.91. The minimum atomic E-state index is -1.23. The number of aldehydes is 1. The molecule has 1 aliphatic heterocycles. The predicted molar refractivity (Wildman–Crippen MR) is 108 cm³/mol. The Balaban J connectivity index is 2.02. The first kappa shape index (κ1) is 23.1. The quantitative estimate of drug-likeness (QED) is 0.333. The molecule has 0 spiro atoms. The predicted octanol–water partition coefficient (Wildman–Crippen LogP) is 0.190. The van der Waals surface area contributed by atoms with Gasteiger partial charge in [0.25, 0.3) is 5.91 Å². The molecule has 0 aromatic heterocycles. The molecule has 3 amide bonds. The lowest BCUT2D eigenvalue weighted by molar-refractivity contribution is -0.141. The smallest absolute Gasteiger partial charge is 0.305 e. The molecule has 0 bridgehead atoms. The average Bonchev–Trinajstić information content (AvgIpc) is 3.18. The minimum absolute atomic E-state index is 0.212. The second-order valence-electron chi connectivity index (χ2n) is 6.97. The number of likely N-dealkylation sites (tertiary alicyclic amines) is 1. The maximum Gasteiger partial charge on any atom is 0.305 e. The van der Waals surface area contributed by atoms with Crippen LogP contribution in [0.25, 0.3) is 0 Å². The molecule has 0 radical (unpaired) electrons. The third-order valence-corrected chi connectivity index (χ3v) is 5.03. The summed E-state index contributed by atoms with van der Waals surface area (Å²) in [7, 11) is 0. The van der Waals surface area contributed by atoms with Gasteiger partial charge < -0.3 is 31.2 Å². The van der Waals surface area contributed by atoms with Gasteiger partial charge in [-0.2, -0.15) is 0 Å². The molecule has 2 rings (SSSR count). The largest absolute Gasteiger partial charge is 0.481 e. The second-order valence-corrected chi connectivity index (χ2v) is 7.38. The van der Waals surface area contributed by atoms with E-state index in [1.165, 1.54) is 30.0 Å². The van der Waals surface area contributed by atoms with Crippen molar-refractivity contribution in [3.63, 3.8) is 0 Å². The van der Waals surface area contributed by atoms with E-state index in [9.17, 15) is 24.0 Å². The van der Waals surface area contributed by atoms with Gasteiger partial charge in [0, 0.05) is 12.1 Å². The Labute approximate surface area is 177 Å². The van der Waals surface area contributed by atoms with E-state index in [1.807, 2.05) is 0 Å². The summed E-state index contributed by atoms with van der Waals surface area (Å²) < 4.78 is 0. The number of carbonyl (C=O) groups is 5. The van der Waals surface area contributed by atoms with E-state index < -0.39 is 48.2 Å². The number of benzene rings is 1. The number of hydrogen-bond donors (Lipinski definition) is 4. The van der Waals surface area contributed by atoms with E-state index in [1.54, 1.807) is 0 Å². The van der Waals surface area contributed by atoms with Crippen LogP contribution in [0.3, 0.4) is 0 Å². The highest BCUT2D eigenvalue weighted by Gasteiger charge is 2.37. The zero-order valence-electron chi connectivity index (χ0n) is 16.3. The Bertz CT molecular complexity index is 861. The summed E-state index contributed by atoms with van der Waals surface area (Å²) in [5, 5.41) is 13.9. The Morgan fingerprint density at radius 1 is 1.33 bits per heavy atom. The average molecular weight is 439 g/mol. The van der Waals surface area contributed by atoms with Crippen LogP contribution in [0.1, 0.15) is 36.5 Å². The molecular weight excluding hydrogens is 416 g/mol. The molecule has 0 aliphatic carbocycles. The molecule has 1 aliphatic rings. The number of nitrogens with two attached hydrogens (primary N) is 1. The van der Waals surface area contributed by atoms with Gasteiger partial charge in [-0.1, -0.05) is 11.6 Å². The number of nitrogens with one attached hydrogen (secondary N) is 2. The maximum atomic E-state index is 12.8. The van der Waals surface area contributed by atoms with E-state index in [0.717, 1.165) is 0 Å². The Morgan fingerprint density at radius 2 is 2.03 bits per heavy atom. The van der Waals surface area contributed by atoms with Gasteiger partial charge >= 0.3 is 5.97 Å². The summed E-state index contributed by atoms with van der Waals surface area (Å²) in [5.74, 6) is -2.84. The number of halogens is 1. The van der Waals surface area contributed by atoms with Gasteiger partial charge in [0.1, 0.15) is 18.4 Å². The summed E-state index contributed by atoms with van der Waals surface area (Å²) in [6.45, 7) is 1.79. The third kappa shape index (κ3) is 5.69. The standard InChI is InChI=1S/C19H23ClN4O6/c1-10(22-17(28)11-4-5-14(21)13(20)7-11)19(30)24-6-2-3-15(24)18(29)23-12(9-25)8-16(26)27/h4-5,7,9-10,12,15H,2-3,6,8,21H2,1H3,(H,22,28)(H,23,29)(H,26,27)/t10-,12-,15?/m0/s1. The Hall–Kier alpha value is -3.14. The van der Waals surface area contributed by atoms with Crippen molar-refractivity contribution in [1.82, 2.24) is 15.5 Å². The van der Waals surface area contributed by atoms with E-state index in [0.29, 0.717) is 31.4 Å². The molecule has 1 aromatic rings. The molecule has 5 N–H and O–H groups in total. The zero-order chi connectivity index (χ0) is 22.4. The van der Waals surface area contributed by atoms with Crippen molar-refractivity contribution >= 4 is 47.3 Å².